The van der Waals surface area contributed by atoms with Gasteiger partial charge in [-0.15, -0.1) is 0 Å². The molecule has 2 amide bonds. The molecule has 0 saturated carbocycles. The van der Waals surface area contributed by atoms with Crippen LogP contribution in [0.1, 0.15) is 10.5 Å². The Morgan fingerprint density at radius 1 is 0.885 bits per heavy atom. The summed E-state index contributed by atoms with van der Waals surface area (Å²) in [5, 5.41) is 7.85. The van der Waals surface area contributed by atoms with Gasteiger partial charge < -0.3 is 14.5 Å². The number of ether oxygens (including phenoxy) is 1. The van der Waals surface area contributed by atoms with Gasteiger partial charge in [0.2, 0.25) is 0 Å². The van der Waals surface area contributed by atoms with Gasteiger partial charge in [-0.1, -0.05) is 36.4 Å². The third-order valence-corrected chi connectivity index (χ3v) is 4.45. The lowest BCUT2D eigenvalue weighted by Crippen LogP contribution is -2.51. The van der Waals surface area contributed by atoms with Crippen LogP contribution in [0.25, 0.3) is 10.9 Å². The number of carbonyl (C=O) groups is 2. The van der Waals surface area contributed by atoms with E-state index < -0.39 is 6.09 Å². The molecule has 26 heavy (non-hydrogen) atoms. The average molecular weight is 350 g/mol. The van der Waals surface area contributed by atoms with Gasteiger partial charge in [-0.2, -0.15) is 5.10 Å². The zero-order chi connectivity index (χ0) is 17.9. The summed E-state index contributed by atoms with van der Waals surface area (Å²) in [7, 11) is 0. The highest BCUT2D eigenvalue weighted by atomic mass is 16.6. The van der Waals surface area contributed by atoms with Gasteiger partial charge in [0.05, 0.1) is 5.52 Å². The normalized spacial score (nSPS) is 14.5. The molecule has 7 nitrogen and oxygen atoms in total. The molecule has 3 aromatic rings. The Bertz CT molecular complexity index is 930. The predicted molar refractivity (Wildman–Crippen MR) is 96.0 cm³/mol. The van der Waals surface area contributed by atoms with Gasteiger partial charge in [-0.3, -0.25) is 9.89 Å². The molecule has 0 bridgehead atoms. The van der Waals surface area contributed by atoms with Crippen molar-refractivity contribution >= 4 is 22.9 Å². The lowest BCUT2D eigenvalue weighted by atomic mass is 10.2. The molecule has 1 N–H and O–H groups in total. The Kier molecular flexibility index (Phi) is 4.27. The fourth-order valence-corrected chi connectivity index (χ4v) is 3.02. The number of amides is 2. The first-order chi connectivity index (χ1) is 12.7. The Morgan fingerprint density at radius 2 is 1.54 bits per heavy atom. The van der Waals surface area contributed by atoms with Gasteiger partial charge in [-0.25, -0.2) is 4.79 Å². The molecule has 0 unspecified atom stereocenters. The summed E-state index contributed by atoms with van der Waals surface area (Å²) >= 11 is 0. The Morgan fingerprint density at radius 3 is 2.31 bits per heavy atom. The van der Waals surface area contributed by atoms with Crippen molar-refractivity contribution in [2.45, 2.75) is 0 Å². The zero-order valence-electron chi connectivity index (χ0n) is 14.1. The van der Waals surface area contributed by atoms with Crippen molar-refractivity contribution in [2.75, 3.05) is 26.2 Å². The molecular formula is C19H18N4O3. The van der Waals surface area contributed by atoms with E-state index in [1.165, 1.54) is 0 Å². The number of carbonyl (C=O) groups excluding carboxylic acids is 2. The van der Waals surface area contributed by atoms with E-state index in [0.29, 0.717) is 37.6 Å². The van der Waals surface area contributed by atoms with Crippen LogP contribution < -0.4 is 4.74 Å². The van der Waals surface area contributed by atoms with E-state index in [-0.39, 0.29) is 5.91 Å². The maximum Gasteiger partial charge on any atom is 0.415 e. The van der Waals surface area contributed by atoms with E-state index in [9.17, 15) is 9.59 Å². The third kappa shape index (κ3) is 3.11. The molecule has 7 heteroatoms. The summed E-state index contributed by atoms with van der Waals surface area (Å²) in [5.41, 5.74) is 1.25. The molecule has 1 fully saturated rings. The van der Waals surface area contributed by atoms with Crippen molar-refractivity contribution in [3.63, 3.8) is 0 Å². The third-order valence-electron chi connectivity index (χ3n) is 4.45. The molecule has 1 aromatic heterocycles. The van der Waals surface area contributed by atoms with Gasteiger partial charge in [0, 0.05) is 31.6 Å². The van der Waals surface area contributed by atoms with Crippen molar-refractivity contribution in [1.29, 1.82) is 0 Å². The van der Waals surface area contributed by atoms with E-state index in [1.54, 1.807) is 21.9 Å². The van der Waals surface area contributed by atoms with Crippen LogP contribution in [-0.2, 0) is 0 Å². The highest BCUT2D eigenvalue weighted by molar-refractivity contribution is 6.04. The number of para-hydroxylation sites is 2. The standard InChI is InChI=1S/C19H18N4O3/c24-18(17-15-8-4-5-9-16(15)20-21-17)22-10-12-23(13-11-22)19(25)26-14-6-2-1-3-7-14/h1-9H,10-13H2,(H,20,21). The van der Waals surface area contributed by atoms with Gasteiger partial charge in [0.1, 0.15) is 5.75 Å². The first kappa shape index (κ1) is 16.1. The van der Waals surface area contributed by atoms with Gasteiger partial charge in [-0.05, 0) is 18.2 Å². The lowest BCUT2D eigenvalue weighted by Gasteiger charge is -2.33. The first-order valence-electron chi connectivity index (χ1n) is 8.46. The fraction of sp³-hybridized carbons (Fsp3) is 0.211. The number of fused-ring (bicyclic) bond motifs is 1. The second-order valence-corrected chi connectivity index (χ2v) is 6.08. The van der Waals surface area contributed by atoms with Crippen molar-refractivity contribution in [3.05, 3.63) is 60.3 Å². The average Bonchev–Trinajstić information content (AvgIpc) is 3.12. The van der Waals surface area contributed by atoms with Gasteiger partial charge in [0.25, 0.3) is 5.91 Å². The number of rotatable bonds is 2. The highest BCUT2D eigenvalue weighted by Gasteiger charge is 2.27. The number of aromatic nitrogens is 2. The van der Waals surface area contributed by atoms with E-state index in [2.05, 4.69) is 10.2 Å². The molecule has 2 heterocycles. The second-order valence-electron chi connectivity index (χ2n) is 6.08. The highest BCUT2D eigenvalue weighted by Crippen LogP contribution is 2.18. The minimum atomic E-state index is -0.395. The molecule has 0 spiro atoms. The second kappa shape index (κ2) is 6.87. The Labute approximate surface area is 150 Å². The molecule has 0 radical (unpaired) electrons. The van der Waals surface area contributed by atoms with Crippen molar-refractivity contribution < 1.29 is 14.3 Å². The number of nitrogens with one attached hydrogen (secondary N) is 1. The minimum Gasteiger partial charge on any atom is -0.410 e. The SMILES string of the molecule is O=C(Oc1ccccc1)N1CCN(C(=O)c2n[nH]c3ccccc23)CC1. The maximum atomic E-state index is 12.8. The summed E-state index contributed by atoms with van der Waals surface area (Å²) in [6.07, 6.45) is -0.395. The van der Waals surface area contributed by atoms with Crippen LogP contribution in [0.5, 0.6) is 5.75 Å². The molecule has 0 aliphatic carbocycles. The number of hydrogen-bond acceptors (Lipinski definition) is 4. The zero-order valence-corrected chi connectivity index (χ0v) is 14.1. The number of nitrogens with zero attached hydrogens (tertiary/aromatic N) is 3. The van der Waals surface area contributed by atoms with Crippen molar-refractivity contribution in [2.24, 2.45) is 0 Å². The molecule has 4 rings (SSSR count). The number of aromatic amines is 1. The number of H-pyrrole nitrogens is 1. The molecule has 1 aliphatic heterocycles. The van der Waals surface area contributed by atoms with Crippen LogP contribution in [0.2, 0.25) is 0 Å². The van der Waals surface area contributed by atoms with Crippen LogP contribution in [0.3, 0.4) is 0 Å². The summed E-state index contributed by atoms with van der Waals surface area (Å²) < 4.78 is 5.35. The maximum absolute atomic E-state index is 12.8. The molecule has 1 saturated heterocycles. The van der Waals surface area contributed by atoms with Crippen LogP contribution in [-0.4, -0.2) is 58.2 Å². The van der Waals surface area contributed by atoms with Crippen LogP contribution in [0.4, 0.5) is 4.79 Å². The smallest absolute Gasteiger partial charge is 0.410 e. The topological polar surface area (TPSA) is 78.5 Å². The largest absolute Gasteiger partial charge is 0.415 e. The van der Waals surface area contributed by atoms with Crippen LogP contribution >= 0.6 is 0 Å². The van der Waals surface area contributed by atoms with E-state index >= 15 is 0 Å². The van der Waals surface area contributed by atoms with E-state index in [4.69, 9.17) is 4.74 Å². The van der Waals surface area contributed by atoms with Crippen LogP contribution in [0, 0.1) is 0 Å². The molecular weight excluding hydrogens is 332 g/mol. The molecule has 2 aromatic carbocycles. The Hall–Kier alpha value is -3.35. The predicted octanol–water partition coefficient (Wildman–Crippen LogP) is 2.52. The Balaban J connectivity index is 1.39. The summed E-state index contributed by atoms with van der Waals surface area (Å²) in [5.74, 6) is 0.387. The fourth-order valence-electron chi connectivity index (χ4n) is 3.02. The molecule has 0 atom stereocenters. The van der Waals surface area contributed by atoms with Gasteiger partial charge in [0.15, 0.2) is 5.69 Å². The van der Waals surface area contributed by atoms with Gasteiger partial charge >= 0.3 is 6.09 Å². The summed E-state index contributed by atoms with van der Waals surface area (Å²) in [4.78, 5) is 28.3. The van der Waals surface area contributed by atoms with E-state index in [0.717, 1.165) is 10.9 Å². The number of benzene rings is 2. The van der Waals surface area contributed by atoms with Crippen LogP contribution in [0.15, 0.2) is 54.6 Å². The van der Waals surface area contributed by atoms with Crippen molar-refractivity contribution in [1.82, 2.24) is 20.0 Å². The molecule has 1 aliphatic rings. The quantitative estimate of drug-likeness (QED) is 0.770. The monoisotopic (exact) mass is 350 g/mol. The number of hydrogen-bond donors (Lipinski definition) is 1. The number of piperazine rings is 1. The lowest BCUT2D eigenvalue weighted by molar-refractivity contribution is 0.0629. The summed E-state index contributed by atoms with van der Waals surface area (Å²) in [6, 6.07) is 16.5. The van der Waals surface area contributed by atoms with Crippen molar-refractivity contribution in [3.8, 4) is 5.75 Å². The summed E-state index contributed by atoms with van der Waals surface area (Å²) in [6.45, 7) is 1.76. The van der Waals surface area contributed by atoms with E-state index in [1.807, 2.05) is 42.5 Å². The first-order valence-corrected chi connectivity index (χ1v) is 8.46. The minimum absolute atomic E-state index is 0.126. The molecule has 132 valence electrons.